The fraction of sp³-hybridized carbons (Fsp3) is 0.571. The Kier molecular flexibility index (Phi) is 4.25. The van der Waals surface area contributed by atoms with Crippen LogP contribution in [0.3, 0.4) is 0 Å². The molecule has 0 radical (unpaired) electrons. The average Bonchev–Trinajstić information content (AvgIpc) is 2.30. The zero-order chi connectivity index (χ0) is 13.3. The molecule has 0 bridgehead atoms. The van der Waals surface area contributed by atoms with Gasteiger partial charge in [-0.25, -0.2) is 4.39 Å². The lowest BCUT2D eigenvalue weighted by Gasteiger charge is -2.32. The number of ether oxygens (including phenoxy) is 1. The van der Waals surface area contributed by atoms with E-state index in [-0.39, 0.29) is 11.9 Å². The average molecular weight is 319 g/mol. The molecule has 1 aliphatic carbocycles. The fourth-order valence-electron chi connectivity index (χ4n) is 2.40. The highest BCUT2D eigenvalue weighted by atomic mass is 79.9. The smallest absolute Gasteiger partial charge is 0.200 e. The first-order valence-corrected chi connectivity index (χ1v) is 7.08. The molecule has 0 saturated heterocycles. The van der Waals surface area contributed by atoms with E-state index >= 15 is 0 Å². The Morgan fingerprint density at radius 1 is 1.17 bits per heavy atom. The van der Waals surface area contributed by atoms with Gasteiger partial charge in [-0.3, -0.25) is 0 Å². The second kappa shape index (κ2) is 5.55. The van der Waals surface area contributed by atoms with Crippen molar-refractivity contribution in [2.24, 2.45) is 11.8 Å². The Morgan fingerprint density at radius 3 is 2.56 bits per heavy atom. The third-order valence-corrected chi connectivity index (χ3v) is 4.26. The molecule has 2 rings (SSSR count). The molecule has 1 aromatic carbocycles. The molecule has 0 heterocycles. The van der Waals surface area contributed by atoms with Crippen molar-refractivity contribution in [3.8, 4) is 5.75 Å². The molecule has 4 heteroatoms. The van der Waals surface area contributed by atoms with Crippen LogP contribution in [0.25, 0.3) is 0 Å². The lowest BCUT2D eigenvalue weighted by Crippen LogP contribution is -2.29. The van der Waals surface area contributed by atoms with E-state index in [0.717, 1.165) is 25.3 Å². The van der Waals surface area contributed by atoms with Gasteiger partial charge in [0, 0.05) is 4.47 Å². The van der Waals surface area contributed by atoms with Gasteiger partial charge in [0.15, 0.2) is 11.6 Å². The molecule has 1 nitrogen and oxygen atoms in total. The predicted octanol–water partition coefficient (Wildman–Crippen LogP) is 4.93. The monoisotopic (exact) mass is 318 g/mol. The molecule has 0 N–H and O–H groups in total. The molecule has 18 heavy (non-hydrogen) atoms. The van der Waals surface area contributed by atoms with Crippen LogP contribution in [0.2, 0.25) is 0 Å². The lowest BCUT2D eigenvalue weighted by molar-refractivity contribution is 0.0959. The lowest BCUT2D eigenvalue weighted by atomic mass is 9.80. The summed E-state index contributed by atoms with van der Waals surface area (Å²) in [7, 11) is 0. The number of benzene rings is 1. The Morgan fingerprint density at radius 2 is 1.89 bits per heavy atom. The van der Waals surface area contributed by atoms with E-state index in [1.54, 1.807) is 0 Å². The van der Waals surface area contributed by atoms with Crippen LogP contribution in [0.15, 0.2) is 16.6 Å². The minimum absolute atomic E-state index is 0.00799. The fourth-order valence-corrected chi connectivity index (χ4v) is 2.81. The first-order chi connectivity index (χ1) is 8.47. The molecule has 1 saturated carbocycles. The number of rotatable bonds is 2. The summed E-state index contributed by atoms with van der Waals surface area (Å²) in [6.45, 7) is 4.40. The maximum absolute atomic E-state index is 13.6. The quantitative estimate of drug-likeness (QED) is 0.702. The van der Waals surface area contributed by atoms with Crippen LogP contribution in [-0.2, 0) is 0 Å². The van der Waals surface area contributed by atoms with Crippen LogP contribution in [0.1, 0.15) is 33.1 Å². The maximum Gasteiger partial charge on any atom is 0.200 e. The summed E-state index contributed by atoms with van der Waals surface area (Å²) >= 11 is 3.15. The van der Waals surface area contributed by atoms with Crippen molar-refractivity contribution < 1.29 is 13.5 Å². The number of hydrogen-bond acceptors (Lipinski definition) is 1. The minimum atomic E-state index is -0.899. The second-order valence-corrected chi connectivity index (χ2v) is 6.12. The molecule has 3 atom stereocenters. The third-order valence-electron chi connectivity index (χ3n) is 3.80. The Balaban J connectivity index is 2.10. The summed E-state index contributed by atoms with van der Waals surface area (Å²) in [5, 5.41) is 0. The zero-order valence-corrected chi connectivity index (χ0v) is 12.1. The summed E-state index contributed by atoms with van der Waals surface area (Å²) in [5.41, 5.74) is 0. The highest BCUT2D eigenvalue weighted by Crippen LogP contribution is 2.33. The third kappa shape index (κ3) is 3.02. The molecule has 1 fully saturated rings. The normalized spacial score (nSPS) is 28.2. The molecule has 100 valence electrons. The molecule has 0 aliphatic heterocycles. The van der Waals surface area contributed by atoms with Crippen molar-refractivity contribution in [3.05, 3.63) is 28.2 Å². The van der Waals surface area contributed by atoms with Crippen molar-refractivity contribution in [3.63, 3.8) is 0 Å². The largest absolute Gasteiger partial charge is 0.487 e. The van der Waals surface area contributed by atoms with Crippen molar-refractivity contribution >= 4 is 15.9 Å². The molecular weight excluding hydrogens is 302 g/mol. The van der Waals surface area contributed by atoms with E-state index in [1.807, 2.05) is 0 Å². The van der Waals surface area contributed by atoms with Gasteiger partial charge in [-0.1, -0.05) is 29.8 Å². The van der Waals surface area contributed by atoms with Crippen LogP contribution < -0.4 is 4.74 Å². The number of hydrogen-bond donors (Lipinski definition) is 0. The molecule has 1 aliphatic rings. The van der Waals surface area contributed by atoms with E-state index in [4.69, 9.17) is 4.74 Å². The minimum Gasteiger partial charge on any atom is -0.487 e. The van der Waals surface area contributed by atoms with Gasteiger partial charge in [-0.2, -0.15) is 4.39 Å². The van der Waals surface area contributed by atoms with Gasteiger partial charge in [0.2, 0.25) is 5.82 Å². The van der Waals surface area contributed by atoms with Gasteiger partial charge in [0.1, 0.15) is 0 Å². The Bertz CT molecular complexity index is 436. The molecule has 0 spiro atoms. The van der Waals surface area contributed by atoms with Crippen LogP contribution in [-0.4, -0.2) is 6.10 Å². The summed E-state index contributed by atoms with van der Waals surface area (Å²) in [6.07, 6.45) is 2.86. The topological polar surface area (TPSA) is 9.23 Å². The van der Waals surface area contributed by atoms with E-state index in [0.29, 0.717) is 16.3 Å². The molecule has 0 amide bonds. The van der Waals surface area contributed by atoms with Crippen LogP contribution in [0.5, 0.6) is 5.75 Å². The van der Waals surface area contributed by atoms with Gasteiger partial charge in [0.05, 0.1) is 6.10 Å². The van der Waals surface area contributed by atoms with Gasteiger partial charge in [-0.15, -0.1) is 0 Å². The predicted molar refractivity (Wildman–Crippen MR) is 70.7 cm³/mol. The Hall–Kier alpha value is -0.640. The molecule has 3 unspecified atom stereocenters. The summed E-state index contributed by atoms with van der Waals surface area (Å²) in [6, 6.07) is 2.59. The highest BCUT2D eigenvalue weighted by molar-refractivity contribution is 9.10. The van der Waals surface area contributed by atoms with Crippen molar-refractivity contribution in [1.82, 2.24) is 0 Å². The van der Waals surface area contributed by atoms with E-state index in [2.05, 4.69) is 29.8 Å². The van der Waals surface area contributed by atoms with Crippen LogP contribution in [0, 0.1) is 23.5 Å². The van der Waals surface area contributed by atoms with Crippen molar-refractivity contribution in [2.75, 3.05) is 0 Å². The van der Waals surface area contributed by atoms with Gasteiger partial charge in [0.25, 0.3) is 0 Å². The van der Waals surface area contributed by atoms with Crippen molar-refractivity contribution in [1.29, 1.82) is 0 Å². The summed E-state index contributed by atoms with van der Waals surface area (Å²) < 4.78 is 33.0. The molecule has 0 aromatic heterocycles. The van der Waals surface area contributed by atoms with Crippen LogP contribution >= 0.6 is 15.9 Å². The van der Waals surface area contributed by atoms with E-state index in [9.17, 15) is 8.78 Å². The standard InChI is InChI=1S/C14H17BrF2O/c1-8-3-4-11(5-9(8)2)18-13-7-10(15)6-12(16)14(13)17/h6-9,11H,3-5H2,1-2H3. The highest BCUT2D eigenvalue weighted by Gasteiger charge is 2.26. The number of halogens is 3. The summed E-state index contributed by atoms with van der Waals surface area (Å²) in [5.74, 6) is -0.535. The Labute approximate surface area is 115 Å². The van der Waals surface area contributed by atoms with E-state index in [1.165, 1.54) is 6.07 Å². The van der Waals surface area contributed by atoms with Gasteiger partial charge >= 0.3 is 0 Å². The first-order valence-electron chi connectivity index (χ1n) is 6.28. The maximum atomic E-state index is 13.6. The van der Waals surface area contributed by atoms with Crippen LogP contribution in [0.4, 0.5) is 8.78 Å². The van der Waals surface area contributed by atoms with E-state index < -0.39 is 11.6 Å². The first kappa shape index (κ1) is 13.8. The zero-order valence-electron chi connectivity index (χ0n) is 10.6. The summed E-state index contributed by atoms with van der Waals surface area (Å²) in [4.78, 5) is 0. The van der Waals surface area contributed by atoms with Gasteiger partial charge in [-0.05, 0) is 43.2 Å². The molecular formula is C14H17BrF2O. The van der Waals surface area contributed by atoms with Crippen molar-refractivity contribution in [2.45, 2.75) is 39.2 Å². The second-order valence-electron chi connectivity index (χ2n) is 5.21. The SMILES string of the molecule is CC1CCC(Oc2cc(Br)cc(F)c2F)CC1C. The molecule has 1 aromatic rings. The van der Waals surface area contributed by atoms with Gasteiger partial charge < -0.3 is 4.74 Å².